The first kappa shape index (κ1) is 8.94. The zero-order valence-electron chi connectivity index (χ0n) is 7.26. The van der Waals surface area contributed by atoms with Crippen molar-refractivity contribution in [3.63, 3.8) is 0 Å². The summed E-state index contributed by atoms with van der Waals surface area (Å²) in [5.41, 5.74) is 5.58. The molecule has 11 heavy (non-hydrogen) atoms. The van der Waals surface area contributed by atoms with Crippen molar-refractivity contribution in [1.29, 1.82) is 0 Å². The van der Waals surface area contributed by atoms with Crippen LogP contribution >= 0.6 is 0 Å². The molecule has 1 fully saturated rings. The summed E-state index contributed by atoms with van der Waals surface area (Å²) in [6.07, 6.45) is -0.0409. The molecule has 0 bridgehead atoms. The fourth-order valence-electron chi connectivity index (χ4n) is 1.67. The summed E-state index contributed by atoms with van der Waals surface area (Å²) in [6, 6.07) is 0.204. The molecule has 3 heteroatoms. The Balaban J connectivity index is 2.48. The highest BCUT2D eigenvalue weighted by Crippen LogP contribution is 2.17. The summed E-state index contributed by atoms with van der Waals surface area (Å²) >= 11 is 0. The van der Waals surface area contributed by atoms with E-state index in [4.69, 9.17) is 5.73 Å². The summed E-state index contributed by atoms with van der Waals surface area (Å²) in [7, 11) is 0. The number of alkyl halides is 1. The van der Waals surface area contributed by atoms with Gasteiger partial charge in [-0.3, -0.25) is 4.90 Å². The normalized spacial score (nSPS) is 40.9. The van der Waals surface area contributed by atoms with Gasteiger partial charge in [-0.25, -0.2) is 4.39 Å². The van der Waals surface area contributed by atoms with Gasteiger partial charge in [0.15, 0.2) is 0 Å². The van der Waals surface area contributed by atoms with Crippen LogP contribution in [0.1, 0.15) is 20.3 Å². The second kappa shape index (κ2) is 3.50. The molecule has 1 aliphatic heterocycles. The van der Waals surface area contributed by atoms with E-state index < -0.39 is 6.17 Å². The van der Waals surface area contributed by atoms with Crippen LogP contribution in [-0.4, -0.2) is 36.2 Å². The van der Waals surface area contributed by atoms with Crippen LogP contribution in [-0.2, 0) is 0 Å². The monoisotopic (exact) mass is 160 g/mol. The molecule has 3 atom stereocenters. The molecule has 0 amide bonds. The first-order chi connectivity index (χ1) is 5.15. The number of hydrogen-bond acceptors (Lipinski definition) is 2. The van der Waals surface area contributed by atoms with E-state index in [0.717, 1.165) is 13.0 Å². The van der Waals surface area contributed by atoms with Crippen LogP contribution in [0.4, 0.5) is 4.39 Å². The lowest BCUT2D eigenvalue weighted by Crippen LogP contribution is -2.52. The average molecular weight is 160 g/mol. The fourth-order valence-corrected chi connectivity index (χ4v) is 1.67. The Morgan fingerprint density at radius 3 is 2.82 bits per heavy atom. The summed E-state index contributed by atoms with van der Waals surface area (Å²) in [4.78, 5) is 2.13. The second-order valence-corrected chi connectivity index (χ2v) is 3.35. The van der Waals surface area contributed by atoms with E-state index in [1.54, 1.807) is 0 Å². The van der Waals surface area contributed by atoms with E-state index in [1.165, 1.54) is 0 Å². The van der Waals surface area contributed by atoms with Crippen molar-refractivity contribution >= 4 is 0 Å². The van der Waals surface area contributed by atoms with Crippen molar-refractivity contribution < 1.29 is 4.39 Å². The zero-order chi connectivity index (χ0) is 8.43. The van der Waals surface area contributed by atoms with Crippen LogP contribution in [0.2, 0.25) is 0 Å². The van der Waals surface area contributed by atoms with Crippen molar-refractivity contribution in [2.24, 2.45) is 5.73 Å². The topological polar surface area (TPSA) is 29.3 Å². The molecule has 0 saturated carbocycles. The molecular weight excluding hydrogens is 143 g/mol. The minimum Gasteiger partial charge on any atom is -0.325 e. The minimum absolute atomic E-state index is 0.243. The lowest BCUT2D eigenvalue weighted by atomic mass is 9.98. The Hall–Kier alpha value is -0.150. The van der Waals surface area contributed by atoms with Crippen LogP contribution in [0.15, 0.2) is 0 Å². The van der Waals surface area contributed by atoms with Crippen LogP contribution < -0.4 is 5.73 Å². The lowest BCUT2D eigenvalue weighted by molar-refractivity contribution is 0.0815. The van der Waals surface area contributed by atoms with Gasteiger partial charge in [-0.1, -0.05) is 6.92 Å². The minimum atomic E-state index is -0.828. The van der Waals surface area contributed by atoms with E-state index >= 15 is 0 Å². The number of piperidine rings is 1. The molecule has 0 aliphatic carbocycles. The molecule has 66 valence electrons. The van der Waals surface area contributed by atoms with Gasteiger partial charge in [-0.2, -0.15) is 0 Å². The first-order valence-electron chi connectivity index (χ1n) is 4.28. The molecule has 2 N–H and O–H groups in total. The van der Waals surface area contributed by atoms with Gasteiger partial charge in [0.2, 0.25) is 0 Å². The third-order valence-electron chi connectivity index (χ3n) is 2.52. The number of hydrogen-bond donors (Lipinski definition) is 1. The maximum Gasteiger partial charge on any atom is 0.128 e. The first-order valence-corrected chi connectivity index (χ1v) is 4.28. The molecule has 2 nitrogen and oxygen atoms in total. The predicted molar refractivity (Wildman–Crippen MR) is 44.2 cm³/mol. The molecule has 1 heterocycles. The van der Waals surface area contributed by atoms with Crippen molar-refractivity contribution in [3.8, 4) is 0 Å². The van der Waals surface area contributed by atoms with Gasteiger partial charge in [0.05, 0.1) is 0 Å². The number of nitrogens with two attached hydrogens (primary N) is 1. The molecule has 0 aromatic heterocycles. The number of likely N-dealkylation sites (tertiary alicyclic amines) is 1. The van der Waals surface area contributed by atoms with Crippen LogP contribution in [0, 0.1) is 0 Å². The van der Waals surface area contributed by atoms with Gasteiger partial charge in [0, 0.05) is 18.6 Å². The highest BCUT2D eigenvalue weighted by molar-refractivity contribution is 4.86. The van der Waals surface area contributed by atoms with E-state index in [0.29, 0.717) is 12.6 Å². The Labute approximate surface area is 67.6 Å². The van der Waals surface area contributed by atoms with Gasteiger partial charge in [-0.05, 0) is 19.9 Å². The van der Waals surface area contributed by atoms with E-state index in [1.807, 2.05) is 0 Å². The largest absolute Gasteiger partial charge is 0.325 e. The Morgan fingerprint density at radius 2 is 2.27 bits per heavy atom. The van der Waals surface area contributed by atoms with Crippen LogP contribution in [0.25, 0.3) is 0 Å². The lowest BCUT2D eigenvalue weighted by Gasteiger charge is -2.37. The highest BCUT2D eigenvalue weighted by atomic mass is 19.1. The molecular formula is C8H17FN2. The second-order valence-electron chi connectivity index (χ2n) is 3.35. The molecule has 1 rings (SSSR count). The van der Waals surface area contributed by atoms with E-state index in [-0.39, 0.29) is 6.04 Å². The Bertz CT molecular complexity index is 129. The standard InChI is InChI=1S/C8H17FN2/c1-3-11-5-7(9)8(10)4-6(11)2/h6-8H,3-5,10H2,1-2H3/t6-,7+,8+/m0/s1. The molecule has 0 radical (unpaired) electrons. The van der Waals surface area contributed by atoms with Crippen LogP contribution in [0.3, 0.4) is 0 Å². The van der Waals surface area contributed by atoms with Gasteiger partial charge >= 0.3 is 0 Å². The summed E-state index contributed by atoms with van der Waals surface area (Å²) in [5, 5.41) is 0. The maximum absolute atomic E-state index is 13.0. The van der Waals surface area contributed by atoms with Gasteiger partial charge in [0.25, 0.3) is 0 Å². The fraction of sp³-hybridized carbons (Fsp3) is 1.00. The molecule has 1 aliphatic rings. The van der Waals surface area contributed by atoms with Gasteiger partial charge in [-0.15, -0.1) is 0 Å². The SMILES string of the molecule is CCN1C[C@@H](F)[C@H](N)C[C@@H]1C. The third kappa shape index (κ3) is 1.91. The van der Waals surface area contributed by atoms with Crippen molar-refractivity contribution in [3.05, 3.63) is 0 Å². The number of nitrogens with zero attached hydrogens (tertiary/aromatic N) is 1. The Kier molecular flexibility index (Phi) is 2.84. The van der Waals surface area contributed by atoms with E-state index in [9.17, 15) is 4.39 Å². The number of halogens is 1. The maximum atomic E-state index is 13.0. The third-order valence-corrected chi connectivity index (χ3v) is 2.52. The zero-order valence-corrected chi connectivity index (χ0v) is 7.26. The predicted octanol–water partition coefficient (Wildman–Crippen LogP) is 0.766. The quantitative estimate of drug-likeness (QED) is 0.614. The summed E-state index contributed by atoms with van der Waals surface area (Å²) < 4.78 is 13.0. The summed E-state index contributed by atoms with van der Waals surface area (Å²) in [6.45, 7) is 5.60. The van der Waals surface area contributed by atoms with Crippen molar-refractivity contribution in [1.82, 2.24) is 4.90 Å². The number of rotatable bonds is 1. The molecule has 0 spiro atoms. The molecule has 0 aromatic carbocycles. The van der Waals surface area contributed by atoms with Gasteiger partial charge < -0.3 is 5.73 Å². The average Bonchev–Trinajstić information content (AvgIpc) is 1.97. The smallest absolute Gasteiger partial charge is 0.128 e. The molecule has 0 aromatic rings. The van der Waals surface area contributed by atoms with Gasteiger partial charge in [0.1, 0.15) is 6.17 Å². The van der Waals surface area contributed by atoms with Crippen molar-refractivity contribution in [2.45, 2.75) is 38.5 Å². The molecule has 0 unspecified atom stereocenters. The van der Waals surface area contributed by atoms with E-state index in [2.05, 4.69) is 18.7 Å². The van der Waals surface area contributed by atoms with Crippen molar-refractivity contribution in [2.75, 3.05) is 13.1 Å². The molecule has 1 saturated heterocycles. The van der Waals surface area contributed by atoms with Crippen LogP contribution in [0.5, 0.6) is 0 Å². The summed E-state index contributed by atoms with van der Waals surface area (Å²) in [5.74, 6) is 0. The highest BCUT2D eigenvalue weighted by Gasteiger charge is 2.29. The Morgan fingerprint density at radius 1 is 1.64 bits per heavy atom.